The van der Waals surface area contributed by atoms with E-state index in [4.69, 9.17) is 10.1 Å². The highest BCUT2D eigenvalue weighted by Gasteiger charge is 2.53. The number of sulfone groups is 1. The molecule has 1 spiro atoms. The van der Waals surface area contributed by atoms with Crippen LogP contribution in [0.25, 0.3) is 0 Å². The highest BCUT2D eigenvalue weighted by atomic mass is 32.2. The lowest BCUT2D eigenvalue weighted by Crippen LogP contribution is -2.50. The molecule has 7 heteroatoms. The fourth-order valence-corrected chi connectivity index (χ4v) is 7.80. The summed E-state index contributed by atoms with van der Waals surface area (Å²) in [6.07, 6.45) is 7.03. The summed E-state index contributed by atoms with van der Waals surface area (Å²) in [5, 5.41) is 4.90. The standard InChI is InChI=1S/C20H32N4O2S/c1-19(2,3)24-18(21-17(22-24)14-4-5-14)15-6-7-16(10-15)23-9-8-20(11-23)12-27(25,26)13-20/h14-16H,4-13H2,1-3H3/t15-,16+/m0/s1. The van der Waals surface area contributed by atoms with Gasteiger partial charge in [0.1, 0.15) is 5.82 Å². The first-order chi connectivity index (χ1) is 12.6. The molecular formula is C20H32N4O2S. The van der Waals surface area contributed by atoms with Gasteiger partial charge in [-0.2, -0.15) is 5.10 Å². The predicted octanol–water partition coefficient (Wildman–Crippen LogP) is 2.67. The molecule has 0 amide bonds. The molecule has 2 aliphatic carbocycles. The van der Waals surface area contributed by atoms with E-state index >= 15 is 0 Å². The van der Waals surface area contributed by atoms with Crippen LogP contribution >= 0.6 is 0 Å². The fraction of sp³-hybridized carbons (Fsp3) is 0.900. The maximum atomic E-state index is 11.7. The molecule has 2 saturated heterocycles. The lowest BCUT2D eigenvalue weighted by molar-refractivity contribution is 0.213. The average molecular weight is 393 g/mol. The van der Waals surface area contributed by atoms with Crippen molar-refractivity contribution in [3.05, 3.63) is 11.6 Å². The molecule has 0 aromatic carbocycles. The second-order valence-electron chi connectivity index (χ2n) is 10.6. The summed E-state index contributed by atoms with van der Waals surface area (Å²) < 4.78 is 25.5. The number of rotatable bonds is 3. The molecule has 1 aromatic heterocycles. The molecule has 4 aliphatic rings. The van der Waals surface area contributed by atoms with E-state index in [2.05, 4.69) is 30.4 Å². The summed E-state index contributed by atoms with van der Waals surface area (Å²) in [5.74, 6) is 4.14. The van der Waals surface area contributed by atoms with Crippen molar-refractivity contribution >= 4 is 9.84 Å². The number of nitrogens with zero attached hydrogens (tertiary/aromatic N) is 4. The van der Waals surface area contributed by atoms with Crippen LogP contribution in [-0.4, -0.2) is 58.7 Å². The molecule has 3 heterocycles. The van der Waals surface area contributed by atoms with Gasteiger partial charge < -0.3 is 0 Å². The number of hydrogen-bond acceptors (Lipinski definition) is 5. The monoisotopic (exact) mass is 392 g/mol. The highest BCUT2D eigenvalue weighted by Crippen LogP contribution is 2.46. The van der Waals surface area contributed by atoms with E-state index in [0.717, 1.165) is 31.8 Å². The zero-order valence-electron chi connectivity index (χ0n) is 16.8. The number of likely N-dealkylation sites (tertiary alicyclic amines) is 1. The minimum atomic E-state index is -2.74. The van der Waals surface area contributed by atoms with Gasteiger partial charge in [-0.3, -0.25) is 4.90 Å². The van der Waals surface area contributed by atoms with Crippen molar-refractivity contribution in [2.45, 2.75) is 82.7 Å². The summed E-state index contributed by atoms with van der Waals surface area (Å²) >= 11 is 0. The van der Waals surface area contributed by atoms with Crippen LogP contribution in [0.1, 0.15) is 82.8 Å². The van der Waals surface area contributed by atoms with E-state index in [1.54, 1.807) is 0 Å². The maximum absolute atomic E-state index is 11.7. The van der Waals surface area contributed by atoms with Gasteiger partial charge in [0.25, 0.3) is 0 Å². The summed E-state index contributed by atoms with van der Waals surface area (Å²) in [6.45, 7) is 8.69. The van der Waals surface area contributed by atoms with Crippen molar-refractivity contribution in [2.24, 2.45) is 5.41 Å². The minimum absolute atomic E-state index is 0.0362. The van der Waals surface area contributed by atoms with Gasteiger partial charge in [0, 0.05) is 29.8 Å². The van der Waals surface area contributed by atoms with Crippen LogP contribution in [0.2, 0.25) is 0 Å². The van der Waals surface area contributed by atoms with Crippen LogP contribution in [-0.2, 0) is 15.4 Å². The normalized spacial score (nSPS) is 32.9. The van der Waals surface area contributed by atoms with Gasteiger partial charge in [0.2, 0.25) is 0 Å². The molecule has 2 saturated carbocycles. The Hall–Kier alpha value is -0.950. The largest absolute Gasteiger partial charge is 0.300 e. The lowest BCUT2D eigenvalue weighted by atomic mass is 9.91. The second-order valence-corrected chi connectivity index (χ2v) is 12.7. The third-order valence-electron chi connectivity index (χ3n) is 7.03. The molecule has 4 fully saturated rings. The van der Waals surface area contributed by atoms with E-state index in [1.807, 2.05) is 0 Å². The van der Waals surface area contributed by atoms with E-state index in [0.29, 0.717) is 29.4 Å². The van der Waals surface area contributed by atoms with E-state index in [9.17, 15) is 8.42 Å². The Bertz CT molecular complexity index is 838. The Balaban J connectivity index is 1.30. The lowest BCUT2D eigenvalue weighted by Gasteiger charge is -2.38. The molecule has 5 rings (SSSR count). The Morgan fingerprint density at radius 3 is 2.41 bits per heavy atom. The van der Waals surface area contributed by atoms with Gasteiger partial charge >= 0.3 is 0 Å². The van der Waals surface area contributed by atoms with Crippen molar-refractivity contribution in [3.8, 4) is 0 Å². The third kappa shape index (κ3) is 3.24. The Labute approximate surface area is 162 Å². The van der Waals surface area contributed by atoms with Crippen molar-refractivity contribution < 1.29 is 8.42 Å². The zero-order valence-corrected chi connectivity index (χ0v) is 17.6. The quantitative estimate of drug-likeness (QED) is 0.791. The smallest absolute Gasteiger partial charge is 0.154 e. The van der Waals surface area contributed by atoms with Crippen LogP contribution in [0, 0.1) is 5.41 Å². The zero-order chi connectivity index (χ0) is 19.0. The van der Waals surface area contributed by atoms with Crippen molar-refractivity contribution in [1.82, 2.24) is 19.7 Å². The summed E-state index contributed by atoms with van der Waals surface area (Å²) in [7, 11) is -2.74. The van der Waals surface area contributed by atoms with Gasteiger partial charge in [0.15, 0.2) is 15.7 Å². The van der Waals surface area contributed by atoms with Crippen molar-refractivity contribution in [1.29, 1.82) is 0 Å². The first kappa shape index (κ1) is 18.1. The van der Waals surface area contributed by atoms with E-state index < -0.39 is 9.84 Å². The van der Waals surface area contributed by atoms with Gasteiger partial charge in [0.05, 0.1) is 17.0 Å². The molecule has 0 N–H and O–H groups in total. The highest BCUT2D eigenvalue weighted by molar-refractivity contribution is 7.92. The van der Waals surface area contributed by atoms with Crippen LogP contribution < -0.4 is 0 Å². The summed E-state index contributed by atoms with van der Waals surface area (Å²) in [5.41, 5.74) is 0.0348. The topological polar surface area (TPSA) is 68.1 Å². The Morgan fingerprint density at radius 2 is 1.78 bits per heavy atom. The molecule has 27 heavy (non-hydrogen) atoms. The first-order valence-corrected chi connectivity index (χ1v) is 12.4. The van der Waals surface area contributed by atoms with E-state index in [-0.39, 0.29) is 11.0 Å². The Morgan fingerprint density at radius 1 is 1.07 bits per heavy atom. The first-order valence-electron chi connectivity index (χ1n) is 10.6. The van der Waals surface area contributed by atoms with E-state index in [1.165, 1.54) is 31.5 Å². The maximum Gasteiger partial charge on any atom is 0.154 e. The average Bonchev–Trinajstić information content (AvgIpc) is 2.98. The SMILES string of the molecule is CC(C)(C)n1nc(C2CC2)nc1[C@H]1CC[C@@H](N2CCC3(C2)CS(=O)(=O)C3)C1. The van der Waals surface area contributed by atoms with Crippen LogP contribution in [0.4, 0.5) is 0 Å². The van der Waals surface area contributed by atoms with Crippen LogP contribution in [0.3, 0.4) is 0 Å². The number of aromatic nitrogens is 3. The van der Waals surface area contributed by atoms with Crippen LogP contribution in [0.15, 0.2) is 0 Å². The molecule has 0 bridgehead atoms. The van der Waals surface area contributed by atoms with Gasteiger partial charge in [-0.1, -0.05) is 0 Å². The minimum Gasteiger partial charge on any atom is -0.300 e. The predicted molar refractivity (Wildman–Crippen MR) is 105 cm³/mol. The molecular weight excluding hydrogens is 360 g/mol. The van der Waals surface area contributed by atoms with Gasteiger partial charge in [-0.25, -0.2) is 18.1 Å². The van der Waals surface area contributed by atoms with Crippen molar-refractivity contribution in [2.75, 3.05) is 24.6 Å². The summed E-state index contributed by atoms with van der Waals surface area (Å²) in [6, 6.07) is 0.576. The molecule has 0 unspecified atom stereocenters. The molecule has 1 aromatic rings. The van der Waals surface area contributed by atoms with Gasteiger partial charge in [-0.05, 0) is 65.8 Å². The second kappa shape index (κ2) is 5.78. The third-order valence-corrected chi connectivity index (χ3v) is 9.14. The Kier molecular flexibility index (Phi) is 3.88. The molecule has 2 atom stereocenters. The molecule has 150 valence electrons. The van der Waals surface area contributed by atoms with Crippen LogP contribution in [0.5, 0.6) is 0 Å². The number of hydrogen-bond donors (Lipinski definition) is 0. The van der Waals surface area contributed by atoms with Crippen molar-refractivity contribution in [3.63, 3.8) is 0 Å². The summed E-state index contributed by atoms with van der Waals surface area (Å²) in [4.78, 5) is 7.59. The molecule has 2 aliphatic heterocycles. The van der Waals surface area contributed by atoms with Gasteiger partial charge in [-0.15, -0.1) is 0 Å². The molecule has 6 nitrogen and oxygen atoms in total. The fourth-order valence-electron chi connectivity index (χ4n) is 5.54. The molecule has 0 radical (unpaired) electrons.